The van der Waals surface area contributed by atoms with Gasteiger partial charge in [0.15, 0.2) is 5.78 Å². The summed E-state index contributed by atoms with van der Waals surface area (Å²) in [5.74, 6) is 0.867. The van der Waals surface area contributed by atoms with Crippen LogP contribution in [0.5, 0.6) is 0 Å². The van der Waals surface area contributed by atoms with Gasteiger partial charge in [-0.1, -0.05) is 23.7 Å². The second kappa shape index (κ2) is 7.34. The first-order chi connectivity index (χ1) is 14.1. The largest absolute Gasteiger partial charge is 0.343 e. The van der Waals surface area contributed by atoms with Crippen molar-refractivity contribution >= 4 is 29.2 Å². The lowest BCUT2D eigenvalue weighted by Gasteiger charge is -2.34. The quantitative estimate of drug-likeness (QED) is 0.783. The van der Waals surface area contributed by atoms with Crippen LogP contribution in [0.15, 0.2) is 40.3 Å². The number of carbonyl (C=O) groups is 1. The third-order valence-corrected chi connectivity index (χ3v) is 6.36. The molecule has 1 atom stereocenters. The van der Waals surface area contributed by atoms with Gasteiger partial charge in [0.05, 0.1) is 5.56 Å². The molecule has 0 bridgehead atoms. The number of anilines is 2. The maximum Gasteiger partial charge on any atom is 0.258 e. The van der Waals surface area contributed by atoms with Gasteiger partial charge in [-0.2, -0.15) is 4.98 Å². The average molecular weight is 411 g/mol. The summed E-state index contributed by atoms with van der Waals surface area (Å²) < 4.78 is 0. The van der Waals surface area contributed by atoms with Gasteiger partial charge in [0.1, 0.15) is 5.82 Å². The lowest BCUT2D eigenvalue weighted by Crippen LogP contribution is -2.36. The van der Waals surface area contributed by atoms with E-state index in [9.17, 15) is 9.59 Å². The number of halogens is 1. The highest BCUT2D eigenvalue weighted by molar-refractivity contribution is 6.30. The number of nitrogens with one attached hydrogen (secondary N) is 2. The van der Waals surface area contributed by atoms with Crippen LogP contribution in [0, 0.1) is 0 Å². The first-order valence-electron chi connectivity index (χ1n) is 10.3. The normalized spacial score (nSPS) is 21.5. The zero-order valence-corrected chi connectivity index (χ0v) is 16.9. The second-order valence-electron chi connectivity index (χ2n) is 7.98. The first-order valence-corrected chi connectivity index (χ1v) is 10.7. The number of nitrogens with zero attached hydrogens (tertiary/aromatic N) is 2. The fourth-order valence-electron chi connectivity index (χ4n) is 4.69. The number of hydrogen-bond donors (Lipinski definition) is 2. The van der Waals surface area contributed by atoms with Crippen molar-refractivity contribution < 1.29 is 4.79 Å². The van der Waals surface area contributed by atoms with Gasteiger partial charge in [0.2, 0.25) is 5.95 Å². The van der Waals surface area contributed by atoms with Gasteiger partial charge in [0, 0.05) is 41.7 Å². The fraction of sp³-hybridized carbons (Fsp3) is 0.409. The predicted molar refractivity (Wildman–Crippen MR) is 114 cm³/mol. The maximum atomic E-state index is 13.2. The number of carbonyl (C=O) groups excluding carboxylic acids is 1. The van der Waals surface area contributed by atoms with Gasteiger partial charge in [-0.15, -0.1) is 0 Å². The van der Waals surface area contributed by atoms with E-state index in [-0.39, 0.29) is 11.3 Å². The lowest BCUT2D eigenvalue weighted by molar-refractivity contribution is -0.116. The molecule has 7 heteroatoms. The predicted octanol–water partition coefficient (Wildman–Crippen LogP) is 3.98. The number of Topliss-reactive ketones (excluding diaryl/α,β-unsaturated/α-hetero) is 1. The molecule has 0 spiro atoms. The number of rotatable bonds is 2. The number of aromatic nitrogens is 2. The minimum absolute atomic E-state index is 0.101. The molecule has 1 aromatic carbocycles. The average Bonchev–Trinajstić information content (AvgIpc) is 2.74. The minimum Gasteiger partial charge on any atom is -0.343 e. The van der Waals surface area contributed by atoms with Crippen molar-refractivity contribution in [3.63, 3.8) is 0 Å². The van der Waals surface area contributed by atoms with Crippen LogP contribution in [0.4, 0.5) is 11.8 Å². The van der Waals surface area contributed by atoms with Crippen molar-refractivity contribution in [2.75, 3.05) is 23.3 Å². The van der Waals surface area contributed by atoms with E-state index < -0.39 is 5.92 Å². The van der Waals surface area contributed by atoms with Gasteiger partial charge in [-0.05, 0) is 49.8 Å². The van der Waals surface area contributed by atoms with Crippen molar-refractivity contribution in [2.24, 2.45) is 0 Å². The number of piperidine rings is 1. The van der Waals surface area contributed by atoms with Gasteiger partial charge >= 0.3 is 0 Å². The second-order valence-corrected chi connectivity index (χ2v) is 8.41. The van der Waals surface area contributed by atoms with Gasteiger partial charge in [-0.25, -0.2) is 0 Å². The molecule has 0 amide bonds. The Morgan fingerprint density at radius 3 is 2.52 bits per heavy atom. The molecule has 5 rings (SSSR count). The molecule has 150 valence electrons. The Hall–Kier alpha value is -2.60. The maximum absolute atomic E-state index is 13.2. The number of hydrogen-bond acceptors (Lipinski definition) is 5. The van der Waals surface area contributed by atoms with Crippen LogP contribution in [0.3, 0.4) is 0 Å². The Labute approximate surface area is 174 Å². The standard InChI is InChI=1S/C22H23ClN4O2/c23-14-9-7-13(8-10-14)17-18-15(5-4-6-16(18)28)24-20-19(17)21(29)26-22(25-20)27-11-2-1-3-12-27/h7-10,17H,1-6,11-12H2,(H2,24,25,26,29)/t17-/m1/s1. The minimum atomic E-state index is -0.419. The van der Waals surface area contributed by atoms with E-state index in [0.717, 1.165) is 50.0 Å². The van der Waals surface area contributed by atoms with E-state index in [4.69, 9.17) is 16.6 Å². The van der Waals surface area contributed by atoms with E-state index in [1.54, 1.807) is 12.1 Å². The summed E-state index contributed by atoms with van der Waals surface area (Å²) >= 11 is 6.08. The van der Waals surface area contributed by atoms with E-state index >= 15 is 0 Å². The molecule has 1 aromatic heterocycles. The third kappa shape index (κ3) is 3.25. The third-order valence-electron chi connectivity index (χ3n) is 6.10. The van der Waals surface area contributed by atoms with Gasteiger partial charge in [-0.3, -0.25) is 14.6 Å². The van der Waals surface area contributed by atoms with Crippen LogP contribution in [-0.2, 0) is 4.79 Å². The molecule has 2 N–H and O–H groups in total. The topological polar surface area (TPSA) is 78.1 Å². The monoisotopic (exact) mass is 410 g/mol. The molecule has 1 fully saturated rings. The summed E-state index contributed by atoms with van der Waals surface area (Å²) in [4.78, 5) is 36.0. The zero-order chi connectivity index (χ0) is 20.0. The Morgan fingerprint density at radius 1 is 1.00 bits per heavy atom. The SMILES string of the molecule is O=C1CCCC2=C1[C@@H](c1ccc(Cl)cc1)c1c(nc(N3CCCCC3)[nH]c1=O)N2. The zero-order valence-electron chi connectivity index (χ0n) is 16.1. The molecule has 2 aliphatic heterocycles. The first kappa shape index (κ1) is 18.4. The van der Waals surface area contributed by atoms with E-state index in [1.807, 2.05) is 12.1 Å². The Kier molecular flexibility index (Phi) is 4.66. The number of benzene rings is 1. The van der Waals surface area contributed by atoms with E-state index in [1.165, 1.54) is 6.42 Å². The molecule has 1 saturated heterocycles. The number of ketones is 1. The van der Waals surface area contributed by atoms with E-state index in [2.05, 4.69) is 15.2 Å². The molecule has 3 aliphatic rings. The fourth-order valence-corrected chi connectivity index (χ4v) is 4.82. The highest BCUT2D eigenvalue weighted by Crippen LogP contribution is 2.43. The molecule has 0 saturated carbocycles. The molecular weight excluding hydrogens is 388 g/mol. The molecule has 1 aliphatic carbocycles. The summed E-state index contributed by atoms with van der Waals surface area (Å²) in [6.45, 7) is 1.80. The molecule has 2 aromatic rings. The van der Waals surface area contributed by atoms with Crippen LogP contribution in [-0.4, -0.2) is 28.8 Å². The van der Waals surface area contributed by atoms with Crippen molar-refractivity contribution in [3.05, 3.63) is 62.0 Å². The molecule has 6 nitrogen and oxygen atoms in total. The molecular formula is C22H23ClN4O2. The summed E-state index contributed by atoms with van der Waals surface area (Å²) in [5, 5.41) is 3.96. The molecule has 0 radical (unpaired) electrons. The molecule has 3 heterocycles. The summed E-state index contributed by atoms with van der Waals surface area (Å²) in [7, 11) is 0. The van der Waals surface area contributed by atoms with Crippen molar-refractivity contribution in [1.29, 1.82) is 0 Å². The van der Waals surface area contributed by atoms with Gasteiger partial charge in [0.25, 0.3) is 5.56 Å². The van der Waals surface area contributed by atoms with Crippen molar-refractivity contribution in [2.45, 2.75) is 44.4 Å². The molecule has 0 unspecified atom stereocenters. The van der Waals surface area contributed by atoms with Crippen molar-refractivity contribution in [1.82, 2.24) is 9.97 Å². The van der Waals surface area contributed by atoms with Crippen molar-refractivity contribution in [3.8, 4) is 0 Å². The van der Waals surface area contributed by atoms with Crippen LogP contribution >= 0.6 is 11.6 Å². The summed E-state index contributed by atoms with van der Waals surface area (Å²) in [5.41, 5.74) is 2.81. The number of aromatic amines is 1. The van der Waals surface area contributed by atoms with Crippen LogP contribution in [0.2, 0.25) is 5.02 Å². The van der Waals surface area contributed by atoms with E-state index in [0.29, 0.717) is 34.3 Å². The van der Waals surface area contributed by atoms with Gasteiger partial charge < -0.3 is 10.2 Å². The van der Waals surface area contributed by atoms with Crippen LogP contribution in [0.25, 0.3) is 0 Å². The summed E-state index contributed by atoms with van der Waals surface area (Å²) in [6.07, 6.45) is 5.53. The highest BCUT2D eigenvalue weighted by atomic mass is 35.5. The number of H-pyrrole nitrogens is 1. The number of allylic oxidation sites excluding steroid dienone is 2. The highest BCUT2D eigenvalue weighted by Gasteiger charge is 2.38. The van der Waals surface area contributed by atoms with Crippen LogP contribution < -0.4 is 15.8 Å². The molecule has 29 heavy (non-hydrogen) atoms. The Bertz CT molecular complexity index is 1050. The summed E-state index contributed by atoms with van der Waals surface area (Å²) in [6, 6.07) is 7.39. The smallest absolute Gasteiger partial charge is 0.258 e. The lowest BCUT2D eigenvalue weighted by atomic mass is 9.76. The number of fused-ring (bicyclic) bond motifs is 1. The van der Waals surface area contributed by atoms with Crippen LogP contribution in [0.1, 0.15) is 55.6 Å². The Balaban J connectivity index is 1.67. The Morgan fingerprint density at radius 2 is 1.76 bits per heavy atom.